The number of hydrogen-bond donors (Lipinski definition) is 1. The molecule has 1 aromatic carbocycles. The summed E-state index contributed by atoms with van der Waals surface area (Å²) >= 11 is 0. The van der Waals surface area contributed by atoms with Gasteiger partial charge in [0.05, 0.1) is 17.9 Å². The number of rotatable bonds is 4. The van der Waals surface area contributed by atoms with Gasteiger partial charge in [0, 0.05) is 19.6 Å². The van der Waals surface area contributed by atoms with Gasteiger partial charge in [0.15, 0.2) is 0 Å². The van der Waals surface area contributed by atoms with Crippen molar-refractivity contribution < 1.29 is 18.0 Å². The Labute approximate surface area is 102 Å². The van der Waals surface area contributed by atoms with E-state index in [-0.39, 0.29) is 5.88 Å². The van der Waals surface area contributed by atoms with E-state index >= 15 is 0 Å². The first-order valence-corrected chi connectivity index (χ1v) is 5.31. The summed E-state index contributed by atoms with van der Waals surface area (Å²) in [7, 11) is 1.55. The molecule has 0 fully saturated rings. The second kappa shape index (κ2) is 5.14. The van der Waals surface area contributed by atoms with E-state index in [9.17, 15) is 8.78 Å². The molecule has 0 saturated heterocycles. The van der Waals surface area contributed by atoms with E-state index in [4.69, 9.17) is 15.0 Å². The van der Waals surface area contributed by atoms with E-state index in [2.05, 4.69) is 5.16 Å². The minimum Gasteiger partial charge on any atom is -0.384 e. The Morgan fingerprint density at radius 2 is 1.94 bits per heavy atom. The summed E-state index contributed by atoms with van der Waals surface area (Å²) in [4.78, 5) is 0. The number of anilines is 1. The lowest BCUT2D eigenvalue weighted by molar-refractivity contribution is 0.200. The molecule has 1 heterocycles. The Hall–Kier alpha value is -1.95. The smallest absolute Gasteiger partial charge is 0.230 e. The Bertz CT molecular complexity index is 535. The zero-order valence-corrected chi connectivity index (χ0v) is 9.74. The fourth-order valence-electron chi connectivity index (χ4n) is 1.71. The highest BCUT2D eigenvalue weighted by atomic mass is 19.1. The van der Waals surface area contributed by atoms with Gasteiger partial charge in [0.1, 0.15) is 11.6 Å². The molecule has 0 bridgehead atoms. The second-order valence-corrected chi connectivity index (χ2v) is 3.77. The number of benzene rings is 1. The number of methoxy groups -OCH3 is 1. The van der Waals surface area contributed by atoms with Crippen LogP contribution in [0.1, 0.15) is 5.69 Å². The maximum atomic E-state index is 13.2. The summed E-state index contributed by atoms with van der Waals surface area (Å²) < 4.78 is 36.1. The van der Waals surface area contributed by atoms with Crippen molar-refractivity contribution in [2.75, 3.05) is 19.5 Å². The number of nitrogens with zero attached hydrogens (tertiary/aromatic N) is 1. The molecule has 0 aliphatic rings. The van der Waals surface area contributed by atoms with Crippen molar-refractivity contribution in [1.29, 1.82) is 0 Å². The molecule has 4 nitrogen and oxygen atoms in total. The fourth-order valence-corrected chi connectivity index (χ4v) is 1.71. The summed E-state index contributed by atoms with van der Waals surface area (Å²) in [6.07, 6.45) is 0.449. The first-order valence-electron chi connectivity index (χ1n) is 5.31. The van der Waals surface area contributed by atoms with Crippen LogP contribution in [0.2, 0.25) is 0 Å². The predicted octanol–water partition coefficient (Wildman–Crippen LogP) is 2.39. The van der Waals surface area contributed by atoms with Gasteiger partial charge >= 0.3 is 0 Å². The fraction of sp³-hybridized carbons (Fsp3) is 0.250. The summed E-state index contributed by atoms with van der Waals surface area (Å²) in [5.74, 6) is -1.32. The zero-order chi connectivity index (χ0) is 13.1. The van der Waals surface area contributed by atoms with Crippen molar-refractivity contribution in [3.63, 3.8) is 0 Å². The van der Waals surface area contributed by atoms with Crippen LogP contribution in [0.3, 0.4) is 0 Å². The van der Waals surface area contributed by atoms with Gasteiger partial charge in [-0.15, -0.1) is 0 Å². The van der Waals surface area contributed by atoms with Gasteiger partial charge in [-0.25, -0.2) is 8.78 Å². The topological polar surface area (TPSA) is 61.3 Å². The molecular weight excluding hydrogens is 242 g/mol. The van der Waals surface area contributed by atoms with Crippen LogP contribution in [0.5, 0.6) is 0 Å². The number of ether oxygens (including phenoxy) is 1. The van der Waals surface area contributed by atoms with Gasteiger partial charge in [0.25, 0.3) is 0 Å². The minimum atomic E-state index is -0.678. The normalized spacial score (nSPS) is 10.8. The van der Waals surface area contributed by atoms with Crippen LogP contribution < -0.4 is 5.73 Å². The molecule has 0 amide bonds. The molecule has 0 spiro atoms. The van der Waals surface area contributed by atoms with Crippen LogP contribution in [0.4, 0.5) is 14.7 Å². The highest BCUT2D eigenvalue weighted by Crippen LogP contribution is 2.31. The van der Waals surface area contributed by atoms with Crippen LogP contribution in [-0.2, 0) is 11.2 Å². The average Bonchev–Trinajstić information content (AvgIpc) is 2.66. The molecule has 18 heavy (non-hydrogen) atoms. The lowest BCUT2D eigenvalue weighted by atomic mass is 10.0. The zero-order valence-electron chi connectivity index (χ0n) is 9.74. The SMILES string of the molecule is COCCc1noc(N)c1-c1cc(F)cc(F)c1. The Morgan fingerprint density at radius 1 is 1.28 bits per heavy atom. The molecule has 2 N–H and O–H groups in total. The maximum absolute atomic E-state index is 13.2. The van der Waals surface area contributed by atoms with E-state index in [1.165, 1.54) is 12.1 Å². The predicted molar refractivity (Wildman–Crippen MR) is 61.8 cm³/mol. The van der Waals surface area contributed by atoms with Gasteiger partial charge in [-0.2, -0.15) is 0 Å². The first kappa shape index (κ1) is 12.5. The molecule has 6 heteroatoms. The van der Waals surface area contributed by atoms with Crippen LogP contribution >= 0.6 is 0 Å². The first-order chi connectivity index (χ1) is 8.61. The van der Waals surface area contributed by atoms with Crippen LogP contribution in [0.15, 0.2) is 22.7 Å². The molecule has 1 aromatic heterocycles. The van der Waals surface area contributed by atoms with E-state index in [0.29, 0.717) is 29.8 Å². The van der Waals surface area contributed by atoms with Crippen molar-refractivity contribution >= 4 is 5.88 Å². The minimum absolute atomic E-state index is 0.0334. The summed E-state index contributed by atoms with van der Waals surface area (Å²) in [5, 5.41) is 3.76. The number of aromatic nitrogens is 1. The van der Waals surface area contributed by atoms with Gasteiger partial charge in [-0.05, 0) is 17.7 Å². The Kier molecular flexibility index (Phi) is 3.57. The Morgan fingerprint density at radius 3 is 2.56 bits per heavy atom. The molecule has 0 unspecified atom stereocenters. The van der Waals surface area contributed by atoms with Crippen LogP contribution in [0.25, 0.3) is 11.1 Å². The second-order valence-electron chi connectivity index (χ2n) is 3.77. The van der Waals surface area contributed by atoms with E-state index in [1.54, 1.807) is 7.11 Å². The van der Waals surface area contributed by atoms with Crippen LogP contribution in [-0.4, -0.2) is 18.9 Å². The maximum Gasteiger partial charge on any atom is 0.230 e. The highest BCUT2D eigenvalue weighted by Gasteiger charge is 2.17. The summed E-state index contributed by atoms with van der Waals surface area (Å²) in [6.45, 7) is 0.413. The van der Waals surface area contributed by atoms with Crippen molar-refractivity contribution in [3.8, 4) is 11.1 Å². The van der Waals surface area contributed by atoms with Crippen molar-refractivity contribution in [2.24, 2.45) is 0 Å². The van der Waals surface area contributed by atoms with E-state index in [0.717, 1.165) is 6.07 Å². The molecule has 2 aromatic rings. The number of nitrogen functional groups attached to an aromatic ring is 1. The van der Waals surface area contributed by atoms with E-state index < -0.39 is 11.6 Å². The lowest BCUT2D eigenvalue weighted by Crippen LogP contribution is -1.98. The molecule has 2 rings (SSSR count). The van der Waals surface area contributed by atoms with Crippen LogP contribution in [0, 0.1) is 11.6 Å². The van der Waals surface area contributed by atoms with Crippen molar-refractivity contribution in [2.45, 2.75) is 6.42 Å². The van der Waals surface area contributed by atoms with Gasteiger partial charge in [0.2, 0.25) is 5.88 Å². The molecule has 0 aliphatic carbocycles. The van der Waals surface area contributed by atoms with E-state index in [1.807, 2.05) is 0 Å². The third kappa shape index (κ3) is 2.48. The summed E-state index contributed by atoms with van der Waals surface area (Å²) in [6, 6.07) is 3.16. The van der Waals surface area contributed by atoms with Crippen molar-refractivity contribution in [3.05, 3.63) is 35.5 Å². The van der Waals surface area contributed by atoms with Gasteiger partial charge in [-0.3, -0.25) is 0 Å². The Balaban J connectivity index is 2.45. The van der Waals surface area contributed by atoms with Gasteiger partial charge in [-0.1, -0.05) is 5.16 Å². The number of hydrogen-bond acceptors (Lipinski definition) is 4. The highest BCUT2D eigenvalue weighted by molar-refractivity contribution is 5.75. The number of halogens is 2. The molecule has 0 aliphatic heterocycles. The van der Waals surface area contributed by atoms with Gasteiger partial charge < -0.3 is 15.0 Å². The lowest BCUT2D eigenvalue weighted by Gasteiger charge is -2.03. The molecule has 0 saturated carbocycles. The third-order valence-electron chi connectivity index (χ3n) is 2.48. The monoisotopic (exact) mass is 254 g/mol. The standard InChI is InChI=1S/C12H12F2N2O2/c1-17-3-2-10-11(12(15)18-16-10)7-4-8(13)6-9(14)5-7/h4-6H,2-3,15H2,1H3. The summed E-state index contributed by atoms with van der Waals surface area (Å²) in [5.41, 5.74) is 6.85. The largest absolute Gasteiger partial charge is 0.384 e. The molecular formula is C12H12F2N2O2. The molecule has 96 valence electrons. The molecule has 0 radical (unpaired) electrons. The van der Waals surface area contributed by atoms with Crippen molar-refractivity contribution in [1.82, 2.24) is 5.16 Å². The third-order valence-corrected chi connectivity index (χ3v) is 2.48. The average molecular weight is 254 g/mol. The molecule has 0 atom stereocenters. The quantitative estimate of drug-likeness (QED) is 0.910. The number of nitrogens with two attached hydrogens (primary N) is 1.